The van der Waals surface area contributed by atoms with Crippen molar-refractivity contribution in [3.8, 4) is 0 Å². The number of aromatic amines is 1. The summed E-state index contributed by atoms with van der Waals surface area (Å²) in [4.78, 5) is 20.8. The van der Waals surface area contributed by atoms with E-state index in [0.29, 0.717) is 18.3 Å². The van der Waals surface area contributed by atoms with Gasteiger partial charge < -0.3 is 14.6 Å². The van der Waals surface area contributed by atoms with E-state index >= 15 is 0 Å². The summed E-state index contributed by atoms with van der Waals surface area (Å²) in [5, 5.41) is 0. The predicted molar refractivity (Wildman–Crippen MR) is 60.4 cm³/mol. The van der Waals surface area contributed by atoms with Crippen molar-refractivity contribution in [3.63, 3.8) is 0 Å². The van der Waals surface area contributed by atoms with Gasteiger partial charge >= 0.3 is 0 Å². The number of nitrogens with one attached hydrogen (secondary N) is 1. The van der Waals surface area contributed by atoms with E-state index in [9.17, 15) is 4.79 Å². The van der Waals surface area contributed by atoms with Crippen molar-refractivity contribution in [1.82, 2.24) is 14.9 Å². The maximum atomic E-state index is 11.5. The molecule has 1 aromatic heterocycles. The highest BCUT2D eigenvalue weighted by Crippen LogP contribution is 2.23. The molecule has 0 amide bonds. The van der Waals surface area contributed by atoms with Gasteiger partial charge in [0.25, 0.3) is 5.56 Å². The van der Waals surface area contributed by atoms with E-state index < -0.39 is 0 Å². The molecule has 5 nitrogen and oxygen atoms in total. The van der Waals surface area contributed by atoms with Gasteiger partial charge in [-0.1, -0.05) is 0 Å². The van der Waals surface area contributed by atoms with Gasteiger partial charge in [-0.15, -0.1) is 0 Å². The molecule has 88 valence electrons. The second-order valence-electron chi connectivity index (χ2n) is 4.30. The zero-order chi connectivity index (χ0) is 11.5. The van der Waals surface area contributed by atoms with Gasteiger partial charge in [-0.25, -0.2) is 4.98 Å². The second-order valence-corrected chi connectivity index (χ2v) is 4.30. The maximum Gasteiger partial charge on any atom is 0.251 e. The van der Waals surface area contributed by atoms with Crippen LogP contribution in [0.3, 0.4) is 0 Å². The second kappa shape index (κ2) is 4.76. The van der Waals surface area contributed by atoms with Crippen LogP contribution in [0, 0.1) is 0 Å². The molecule has 5 heteroatoms. The van der Waals surface area contributed by atoms with Crippen LogP contribution >= 0.6 is 0 Å². The standard InChI is InChI=1S/C11H17N3O2/c1-14-4-3-8(6-14)9-5-11(15)13-10(12-9)7-16-2/h5,8H,3-4,6-7H2,1-2H3,(H,12,13,15). The molecule has 1 fully saturated rings. The lowest BCUT2D eigenvalue weighted by Gasteiger charge is -2.10. The number of aromatic nitrogens is 2. The molecule has 1 atom stereocenters. The SMILES string of the molecule is COCc1nc(C2CCN(C)C2)cc(=O)[nH]1. The van der Waals surface area contributed by atoms with Crippen LogP contribution in [0.25, 0.3) is 0 Å². The molecule has 1 N–H and O–H groups in total. The fraction of sp³-hybridized carbons (Fsp3) is 0.636. The van der Waals surface area contributed by atoms with Gasteiger partial charge in [0.1, 0.15) is 12.4 Å². The van der Waals surface area contributed by atoms with Crippen LogP contribution in [0.5, 0.6) is 0 Å². The number of nitrogens with zero attached hydrogens (tertiary/aromatic N) is 2. The lowest BCUT2D eigenvalue weighted by atomic mass is 10.0. The summed E-state index contributed by atoms with van der Waals surface area (Å²) in [5.74, 6) is 0.988. The van der Waals surface area contributed by atoms with Crippen molar-refractivity contribution in [1.29, 1.82) is 0 Å². The number of methoxy groups -OCH3 is 1. The zero-order valence-corrected chi connectivity index (χ0v) is 9.69. The Balaban J connectivity index is 2.23. The van der Waals surface area contributed by atoms with E-state index in [0.717, 1.165) is 25.2 Å². The van der Waals surface area contributed by atoms with Crippen LogP contribution in [-0.4, -0.2) is 42.1 Å². The van der Waals surface area contributed by atoms with Gasteiger partial charge in [0.2, 0.25) is 0 Å². The normalized spacial score (nSPS) is 21.5. The van der Waals surface area contributed by atoms with E-state index in [4.69, 9.17) is 4.74 Å². The number of hydrogen-bond donors (Lipinski definition) is 1. The molecule has 1 unspecified atom stereocenters. The Bertz CT molecular complexity index is 416. The minimum Gasteiger partial charge on any atom is -0.377 e. The van der Waals surface area contributed by atoms with Crippen molar-refractivity contribution in [2.45, 2.75) is 18.9 Å². The van der Waals surface area contributed by atoms with Gasteiger partial charge in [-0.3, -0.25) is 4.79 Å². The topological polar surface area (TPSA) is 58.2 Å². The molecule has 0 saturated carbocycles. The lowest BCUT2D eigenvalue weighted by Crippen LogP contribution is -2.18. The van der Waals surface area contributed by atoms with Crippen LogP contribution in [0.2, 0.25) is 0 Å². The number of hydrogen-bond acceptors (Lipinski definition) is 4. The largest absolute Gasteiger partial charge is 0.377 e. The first-order chi connectivity index (χ1) is 7.69. The van der Waals surface area contributed by atoms with Crippen LogP contribution in [0.15, 0.2) is 10.9 Å². The minimum absolute atomic E-state index is 0.0911. The van der Waals surface area contributed by atoms with E-state index in [1.54, 1.807) is 13.2 Å². The minimum atomic E-state index is -0.0911. The number of ether oxygens (including phenoxy) is 1. The predicted octanol–water partition coefficient (Wildman–Crippen LogP) is 0.335. The fourth-order valence-electron chi connectivity index (χ4n) is 2.12. The van der Waals surface area contributed by atoms with Gasteiger partial charge in [0.05, 0.1) is 5.69 Å². The molecule has 0 aliphatic carbocycles. The third-order valence-electron chi connectivity index (χ3n) is 2.90. The summed E-state index contributed by atoms with van der Waals surface area (Å²) in [5.41, 5.74) is 0.798. The third kappa shape index (κ3) is 2.48. The van der Waals surface area contributed by atoms with Crippen LogP contribution in [0.1, 0.15) is 23.9 Å². The van der Waals surface area contributed by atoms with Gasteiger partial charge in [0, 0.05) is 25.6 Å². The van der Waals surface area contributed by atoms with Crippen molar-refractivity contribution in [2.24, 2.45) is 0 Å². The molecule has 0 bridgehead atoms. The monoisotopic (exact) mass is 223 g/mol. The highest BCUT2D eigenvalue weighted by atomic mass is 16.5. The van der Waals surface area contributed by atoms with Crippen LogP contribution in [-0.2, 0) is 11.3 Å². The highest BCUT2D eigenvalue weighted by molar-refractivity contribution is 5.11. The summed E-state index contributed by atoms with van der Waals surface area (Å²) >= 11 is 0. The summed E-state index contributed by atoms with van der Waals surface area (Å²) in [6.45, 7) is 2.40. The number of H-pyrrole nitrogens is 1. The fourth-order valence-corrected chi connectivity index (χ4v) is 2.12. The Morgan fingerprint density at radius 1 is 1.69 bits per heavy atom. The molecule has 0 radical (unpaired) electrons. The van der Waals surface area contributed by atoms with Gasteiger partial charge in [0.15, 0.2) is 0 Å². The van der Waals surface area contributed by atoms with Crippen molar-refractivity contribution in [2.75, 3.05) is 27.2 Å². The summed E-state index contributed by atoms with van der Waals surface area (Å²) in [7, 11) is 3.68. The van der Waals surface area contributed by atoms with Crippen molar-refractivity contribution in [3.05, 3.63) is 27.9 Å². The maximum absolute atomic E-state index is 11.5. The first-order valence-corrected chi connectivity index (χ1v) is 5.46. The van der Waals surface area contributed by atoms with Gasteiger partial charge in [-0.05, 0) is 20.0 Å². The lowest BCUT2D eigenvalue weighted by molar-refractivity contribution is 0.177. The molecular formula is C11H17N3O2. The summed E-state index contributed by atoms with van der Waals surface area (Å²) in [6.07, 6.45) is 1.07. The summed E-state index contributed by atoms with van der Waals surface area (Å²) < 4.78 is 4.98. The molecule has 1 aliphatic heterocycles. The third-order valence-corrected chi connectivity index (χ3v) is 2.90. The number of likely N-dealkylation sites (N-methyl/N-ethyl adjacent to an activating group) is 1. The first kappa shape index (κ1) is 11.3. The average Bonchev–Trinajstić information content (AvgIpc) is 2.64. The molecule has 1 aromatic rings. The molecule has 1 aliphatic rings. The van der Waals surface area contributed by atoms with Gasteiger partial charge in [-0.2, -0.15) is 0 Å². The van der Waals surface area contributed by atoms with E-state index in [2.05, 4.69) is 21.9 Å². The van der Waals surface area contributed by atoms with E-state index in [1.165, 1.54) is 0 Å². The van der Waals surface area contributed by atoms with Crippen molar-refractivity contribution < 1.29 is 4.74 Å². The Morgan fingerprint density at radius 3 is 3.12 bits per heavy atom. The summed E-state index contributed by atoms with van der Waals surface area (Å²) in [6, 6.07) is 1.60. The molecule has 1 saturated heterocycles. The van der Waals surface area contributed by atoms with E-state index in [1.807, 2.05) is 0 Å². The highest BCUT2D eigenvalue weighted by Gasteiger charge is 2.22. The van der Waals surface area contributed by atoms with Crippen LogP contribution < -0.4 is 5.56 Å². The Labute approximate surface area is 94.5 Å². The average molecular weight is 223 g/mol. The molecule has 2 rings (SSSR count). The number of rotatable bonds is 3. The molecule has 0 spiro atoms. The molecular weight excluding hydrogens is 206 g/mol. The Kier molecular flexibility index (Phi) is 3.36. The zero-order valence-electron chi connectivity index (χ0n) is 9.69. The molecule has 0 aromatic carbocycles. The molecule has 2 heterocycles. The quantitative estimate of drug-likeness (QED) is 0.802. The van der Waals surface area contributed by atoms with Crippen LogP contribution in [0.4, 0.5) is 0 Å². The molecule has 16 heavy (non-hydrogen) atoms. The Morgan fingerprint density at radius 2 is 2.50 bits per heavy atom. The van der Waals surface area contributed by atoms with Crippen molar-refractivity contribution >= 4 is 0 Å². The first-order valence-electron chi connectivity index (χ1n) is 5.46. The smallest absolute Gasteiger partial charge is 0.251 e. The Hall–Kier alpha value is -1.20. The van der Waals surface area contributed by atoms with E-state index in [-0.39, 0.29) is 5.56 Å². The number of likely N-dealkylation sites (tertiary alicyclic amines) is 1.